The maximum Gasteiger partial charge on any atom is 0.241 e. The molecule has 0 saturated heterocycles. The second-order valence-electron chi connectivity index (χ2n) is 7.60. The fraction of sp³-hybridized carbons (Fsp3) is 0.240. The Balaban J connectivity index is 1.64. The third-order valence-corrected chi connectivity index (χ3v) is 6.19. The highest BCUT2D eigenvalue weighted by atomic mass is 32.2. The summed E-state index contributed by atoms with van der Waals surface area (Å²) in [6.07, 6.45) is 1.08. The van der Waals surface area contributed by atoms with E-state index in [0.717, 1.165) is 27.4 Å². The average molecular weight is 469 g/mol. The van der Waals surface area contributed by atoms with Crippen molar-refractivity contribution in [3.8, 4) is 11.5 Å². The monoisotopic (exact) mass is 468 g/mol. The molecule has 1 atom stereocenters. The second-order valence-corrected chi connectivity index (χ2v) is 9.51. The van der Waals surface area contributed by atoms with E-state index in [1.807, 2.05) is 61.5 Å². The molecule has 0 spiro atoms. The van der Waals surface area contributed by atoms with E-state index in [1.54, 1.807) is 31.4 Å². The zero-order valence-corrected chi connectivity index (χ0v) is 19.7. The summed E-state index contributed by atoms with van der Waals surface area (Å²) in [5, 5.41) is 2.85. The molecular formula is C25H28N2O5S. The first kappa shape index (κ1) is 24.1. The minimum atomic E-state index is -3.68. The van der Waals surface area contributed by atoms with E-state index in [-0.39, 0.29) is 12.6 Å². The van der Waals surface area contributed by atoms with Gasteiger partial charge in [0.2, 0.25) is 15.9 Å². The summed E-state index contributed by atoms with van der Waals surface area (Å²) in [5.74, 6) is 0.915. The van der Waals surface area contributed by atoms with Crippen LogP contribution in [0.2, 0.25) is 0 Å². The summed E-state index contributed by atoms with van der Waals surface area (Å²) >= 11 is 0. The lowest BCUT2D eigenvalue weighted by Gasteiger charge is -2.23. The number of rotatable bonds is 10. The molecule has 0 fully saturated rings. The standard InChI is InChI=1S/C25H28N2O5S/c1-19(21-9-13-23(31-2)14-10-21)26-25(28)17-27(33(3,29)30)22-11-15-24(16-12-22)32-18-20-7-5-4-6-8-20/h4-16,19H,17-18H2,1-3H3,(H,26,28)/t19-/m1/s1. The van der Waals surface area contributed by atoms with Gasteiger partial charge in [0.25, 0.3) is 0 Å². The van der Waals surface area contributed by atoms with Crippen LogP contribution in [0.4, 0.5) is 5.69 Å². The lowest BCUT2D eigenvalue weighted by molar-refractivity contribution is -0.120. The van der Waals surface area contributed by atoms with Crippen molar-refractivity contribution in [2.45, 2.75) is 19.6 Å². The Morgan fingerprint density at radius 2 is 1.55 bits per heavy atom. The number of anilines is 1. The molecular weight excluding hydrogens is 440 g/mol. The zero-order chi connectivity index (χ0) is 23.8. The second kappa shape index (κ2) is 10.9. The molecule has 3 aromatic carbocycles. The lowest BCUT2D eigenvalue weighted by atomic mass is 10.1. The van der Waals surface area contributed by atoms with Crippen molar-refractivity contribution in [3.05, 3.63) is 90.0 Å². The third kappa shape index (κ3) is 6.98. The normalized spacial score (nSPS) is 12.0. The molecule has 8 heteroatoms. The van der Waals surface area contributed by atoms with Gasteiger partial charge in [0, 0.05) is 0 Å². The minimum absolute atomic E-state index is 0.293. The van der Waals surface area contributed by atoms with Gasteiger partial charge >= 0.3 is 0 Å². The first-order chi connectivity index (χ1) is 15.8. The summed E-state index contributed by atoms with van der Waals surface area (Å²) in [4.78, 5) is 12.6. The minimum Gasteiger partial charge on any atom is -0.497 e. The summed E-state index contributed by atoms with van der Waals surface area (Å²) in [6.45, 7) is 1.91. The van der Waals surface area contributed by atoms with Crippen LogP contribution in [-0.4, -0.2) is 34.2 Å². The molecule has 1 amide bonds. The SMILES string of the molecule is COc1ccc([C@@H](C)NC(=O)CN(c2ccc(OCc3ccccc3)cc2)S(C)(=O)=O)cc1. The first-order valence-electron chi connectivity index (χ1n) is 10.4. The number of hydrogen-bond acceptors (Lipinski definition) is 5. The molecule has 0 aliphatic heterocycles. The Morgan fingerprint density at radius 3 is 2.12 bits per heavy atom. The van der Waals surface area contributed by atoms with E-state index in [1.165, 1.54) is 0 Å². The van der Waals surface area contributed by atoms with Crippen LogP contribution in [0.5, 0.6) is 11.5 Å². The number of ether oxygens (including phenoxy) is 2. The molecule has 7 nitrogen and oxygen atoms in total. The van der Waals surface area contributed by atoms with Gasteiger partial charge in [-0.1, -0.05) is 42.5 Å². The van der Waals surface area contributed by atoms with Crippen molar-refractivity contribution < 1.29 is 22.7 Å². The Bertz CT molecular complexity index is 1150. The van der Waals surface area contributed by atoms with Crippen molar-refractivity contribution in [1.82, 2.24) is 5.32 Å². The molecule has 0 unspecified atom stereocenters. The van der Waals surface area contributed by atoms with Gasteiger partial charge in [-0.15, -0.1) is 0 Å². The molecule has 0 radical (unpaired) electrons. The number of benzene rings is 3. The number of methoxy groups -OCH3 is 1. The van der Waals surface area contributed by atoms with E-state index in [0.29, 0.717) is 18.0 Å². The predicted molar refractivity (Wildman–Crippen MR) is 129 cm³/mol. The first-order valence-corrected chi connectivity index (χ1v) is 12.3. The molecule has 0 saturated carbocycles. The number of nitrogens with one attached hydrogen (secondary N) is 1. The number of sulfonamides is 1. The molecule has 3 aromatic rings. The van der Waals surface area contributed by atoms with Gasteiger partial charge in [-0.2, -0.15) is 0 Å². The largest absolute Gasteiger partial charge is 0.497 e. The number of nitrogens with zero attached hydrogens (tertiary/aromatic N) is 1. The molecule has 0 aliphatic carbocycles. The van der Waals surface area contributed by atoms with Crippen molar-refractivity contribution in [2.75, 3.05) is 24.2 Å². The highest BCUT2D eigenvalue weighted by Crippen LogP contribution is 2.23. The predicted octanol–water partition coefficient (Wildman–Crippen LogP) is 3.92. The number of hydrogen-bond donors (Lipinski definition) is 1. The molecule has 33 heavy (non-hydrogen) atoms. The summed E-state index contributed by atoms with van der Waals surface area (Å²) < 4.78 is 36.8. The number of carbonyl (C=O) groups is 1. The van der Waals surface area contributed by atoms with E-state index < -0.39 is 15.9 Å². The smallest absolute Gasteiger partial charge is 0.241 e. The molecule has 3 rings (SSSR count). The van der Waals surface area contributed by atoms with Crippen LogP contribution in [0.25, 0.3) is 0 Å². The average Bonchev–Trinajstić information content (AvgIpc) is 2.81. The highest BCUT2D eigenvalue weighted by molar-refractivity contribution is 7.92. The summed E-state index contributed by atoms with van der Waals surface area (Å²) in [6, 6.07) is 23.4. The van der Waals surface area contributed by atoms with Gasteiger partial charge in [-0.3, -0.25) is 9.10 Å². The van der Waals surface area contributed by atoms with Crippen LogP contribution in [-0.2, 0) is 21.4 Å². The Labute approximate surface area is 195 Å². The third-order valence-electron chi connectivity index (χ3n) is 5.05. The van der Waals surface area contributed by atoms with Crippen LogP contribution < -0.4 is 19.1 Å². The molecule has 0 aromatic heterocycles. The number of amides is 1. The van der Waals surface area contributed by atoms with Crippen molar-refractivity contribution in [1.29, 1.82) is 0 Å². The van der Waals surface area contributed by atoms with Crippen LogP contribution in [0.3, 0.4) is 0 Å². The maximum absolute atomic E-state index is 12.6. The fourth-order valence-corrected chi connectivity index (χ4v) is 4.10. The van der Waals surface area contributed by atoms with Gasteiger partial charge < -0.3 is 14.8 Å². The van der Waals surface area contributed by atoms with Gasteiger partial charge in [-0.05, 0) is 54.4 Å². The zero-order valence-electron chi connectivity index (χ0n) is 18.9. The van der Waals surface area contributed by atoms with Crippen molar-refractivity contribution in [2.24, 2.45) is 0 Å². The van der Waals surface area contributed by atoms with Crippen LogP contribution in [0.1, 0.15) is 24.1 Å². The quantitative estimate of drug-likeness (QED) is 0.488. The lowest BCUT2D eigenvalue weighted by Crippen LogP contribution is -2.41. The van der Waals surface area contributed by atoms with Gasteiger partial charge in [0.1, 0.15) is 24.7 Å². The van der Waals surface area contributed by atoms with E-state index >= 15 is 0 Å². The van der Waals surface area contributed by atoms with E-state index in [2.05, 4.69) is 5.32 Å². The molecule has 174 valence electrons. The van der Waals surface area contributed by atoms with Gasteiger partial charge in [0.05, 0.1) is 25.1 Å². The molecule has 1 N–H and O–H groups in total. The van der Waals surface area contributed by atoms with Gasteiger partial charge in [-0.25, -0.2) is 8.42 Å². The Kier molecular flexibility index (Phi) is 7.95. The van der Waals surface area contributed by atoms with Crippen molar-refractivity contribution in [3.63, 3.8) is 0 Å². The Hall–Kier alpha value is -3.52. The fourth-order valence-electron chi connectivity index (χ4n) is 3.24. The molecule has 0 bridgehead atoms. The van der Waals surface area contributed by atoms with Crippen LogP contribution in [0, 0.1) is 0 Å². The van der Waals surface area contributed by atoms with Crippen LogP contribution >= 0.6 is 0 Å². The molecule has 0 heterocycles. The number of carbonyl (C=O) groups excluding carboxylic acids is 1. The summed E-state index contributed by atoms with van der Waals surface area (Å²) in [7, 11) is -2.09. The topological polar surface area (TPSA) is 84.9 Å². The van der Waals surface area contributed by atoms with E-state index in [4.69, 9.17) is 9.47 Å². The highest BCUT2D eigenvalue weighted by Gasteiger charge is 2.22. The van der Waals surface area contributed by atoms with E-state index in [9.17, 15) is 13.2 Å². The van der Waals surface area contributed by atoms with Gasteiger partial charge in [0.15, 0.2) is 0 Å². The molecule has 0 aliphatic rings. The summed E-state index contributed by atoms with van der Waals surface area (Å²) in [5.41, 5.74) is 2.30. The Morgan fingerprint density at radius 1 is 0.939 bits per heavy atom. The maximum atomic E-state index is 12.6. The van der Waals surface area contributed by atoms with Crippen LogP contribution in [0.15, 0.2) is 78.9 Å². The van der Waals surface area contributed by atoms with Crippen molar-refractivity contribution >= 4 is 21.6 Å².